The third-order valence-electron chi connectivity index (χ3n) is 14.1. The molecule has 12 aromatic rings. The molecular formula is C67H46N2S. The van der Waals surface area contributed by atoms with Crippen molar-refractivity contribution in [3.8, 4) is 33.4 Å². The van der Waals surface area contributed by atoms with Crippen molar-refractivity contribution in [2.24, 2.45) is 0 Å². The molecular weight excluding hydrogens is 865 g/mol. The zero-order valence-corrected chi connectivity index (χ0v) is 39.2. The number of rotatable bonds is 10. The van der Waals surface area contributed by atoms with Crippen LogP contribution in [-0.4, -0.2) is 0 Å². The first-order chi connectivity index (χ1) is 34.8. The predicted molar refractivity (Wildman–Crippen MR) is 297 cm³/mol. The average molecular weight is 911 g/mol. The van der Waals surface area contributed by atoms with E-state index in [4.69, 9.17) is 0 Å². The Morgan fingerprint density at radius 2 is 0.629 bits per heavy atom. The fourth-order valence-corrected chi connectivity index (χ4v) is 12.4. The normalized spacial score (nSPS) is 12.4. The molecule has 13 rings (SSSR count). The van der Waals surface area contributed by atoms with Gasteiger partial charge in [-0.2, -0.15) is 0 Å². The van der Waals surface area contributed by atoms with Gasteiger partial charge < -0.3 is 9.80 Å². The topological polar surface area (TPSA) is 6.48 Å². The molecule has 0 radical (unpaired) electrons. The monoisotopic (exact) mass is 910 g/mol. The highest BCUT2D eigenvalue weighted by Crippen LogP contribution is 2.60. The van der Waals surface area contributed by atoms with Gasteiger partial charge in [-0.1, -0.05) is 218 Å². The maximum atomic E-state index is 2.46. The lowest BCUT2D eigenvalue weighted by Crippen LogP contribution is -2.31. The quantitative estimate of drug-likeness (QED) is 0.135. The first-order valence-corrected chi connectivity index (χ1v) is 24.8. The minimum Gasteiger partial charge on any atom is -0.309 e. The molecule has 0 N–H and O–H groups in total. The molecule has 11 aromatic carbocycles. The third kappa shape index (κ3) is 6.77. The Kier molecular flexibility index (Phi) is 10.3. The summed E-state index contributed by atoms with van der Waals surface area (Å²) in [5.74, 6) is 0. The van der Waals surface area contributed by atoms with Crippen LogP contribution in [0.25, 0.3) is 53.6 Å². The van der Waals surface area contributed by atoms with Gasteiger partial charge in [0.15, 0.2) is 0 Å². The summed E-state index contributed by atoms with van der Waals surface area (Å²) < 4.78 is 2.46. The number of nitrogens with zero attached hydrogens (tertiary/aromatic N) is 2. The molecule has 330 valence electrons. The van der Waals surface area contributed by atoms with E-state index in [1.165, 1.54) is 75.8 Å². The number of hydrogen-bond donors (Lipinski definition) is 0. The molecule has 0 atom stereocenters. The van der Waals surface area contributed by atoms with Gasteiger partial charge in [-0.05, 0) is 116 Å². The van der Waals surface area contributed by atoms with Crippen molar-refractivity contribution < 1.29 is 0 Å². The molecule has 0 fully saturated rings. The summed E-state index contributed by atoms with van der Waals surface area (Å²) in [6.45, 7) is 0. The van der Waals surface area contributed by atoms with E-state index < -0.39 is 5.41 Å². The molecule has 1 aliphatic carbocycles. The lowest BCUT2D eigenvalue weighted by Gasteiger charge is -2.38. The van der Waals surface area contributed by atoms with Gasteiger partial charge in [-0.15, -0.1) is 11.3 Å². The van der Waals surface area contributed by atoms with Crippen molar-refractivity contribution in [3.63, 3.8) is 0 Å². The Balaban J connectivity index is 1.15. The van der Waals surface area contributed by atoms with Crippen LogP contribution in [0, 0.1) is 0 Å². The summed E-state index contributed by atoms with van der Waals surface area (Å²) in [7, 11) is 0. The molecule has 0 unspecified atom stereocenters. The zero-order valence-electron chi connectivity index (χ0n) is 38.4. The van der Waals surface area contributed by atoms with Crippen molar-refractivity contribution in [3.05, 3.63) is 301 Å². The Bertz CT molecular complexity index is 3740. The SMILES string of the molecule is c1ccc(-c2ccc(N(c3ccccc3)c3ccc4c5c3sc3c(N(c6ccccc6)c6ccc(-c7ccccc7)cc6)ccc(c35)C(c3ccccc3)(c3ccccc3)c3ccccc3-4)cc2)cc1. The van der Waals surface area contributed by atoms with Gasteiger partial charge in [0.2, 0.25) is 0 Å². The van der Waals surface area contributed by atoms with Crippen LogP contribution in [0.2, 0.25) is 0 Å². The van der Waals surface area contributed by atoms with Crippen LogP contribution in [0.1, 0.15) is 22.3 Å². The number of fused-ring (bicyclic) bond motifs is 2. The molecule has 70 heavy (non-hydrogen) atoms. The zero-order chi connectivity index (χ0) is 46.4. The predicted octanol–water partition coefficient (Wildman–Crippen LogP) is 18.7. The molecule has 1 aromatic heterocycles. The van der Waals surface area contributed by atoms with E-state index in [9.17, 15) is 0 Å². The molecule has 0 spiro atoms. The standard InChI is InChI=1S/C67H46N2S/c1-7-21-47(22-8-1)49-35-39-55(40-36-49)68(53-29-15-5-16-30-53)61-45-43-58-57-33-19-20-34-59(57)67(51-25-11-3-12-26-51,52-27-13-4-14-28-52)60-44-46-62(66-64(60)63(58)65(61)70-66)69(54-31-17-6-18-32-54)56-41-37-50(38-42-56)48-23-9-2-10-24-48/h1-46H. The minimum atomic E-state index is -0.662. The highest BCUT2D eigenvalue weighted by Gasteiger charge is 2.44. The van der Waals surface area contributed by atoms with E-state index in [-0.39, 0.29) is 0 Å². The number of benzene rings is 11. The van der Waals surface area contributed by atoms with Gasteiger partial charge in [-0.3, -0.25) is 0 Å². The van der Waals surface area contributed by atoms with E-state index in [0.717, 1.165) is 34.1 Å². The summed E-state index contributed by atoms with van der Waals surface area (Å²) in [6, 6.07) is 102. The molecule has 2 nitrogen and oxygen atoms in total. The van der Waals surface area contributed by atoms with Crippen LogP contribution in [0.5, 0.6) is 0 Å². The Morgan fingerprint density at radius 3 is 1.11 bits per heavy atom. The molecule has 0 saturated carbocycles. The van der Waals surface area contributed by atoms with Crippen LogP contribution < -0.4 is 9.80 Å². The van der Waals surface area contributed by atoms with E-state index in [1.54, 1.807) is 0 Å². The second-order valence-corrected chi connectivity index (χ2v) is 19.0. The Labute approximate surface area is 413 Å². The number of para-hydroxylation sites is 2. The highest BCUT2D eigenvalue weighted by atomic mass is 32.1. The smallest absolute Gasteiger partial charge is 0.0714 e. The fraction of sp³-hybridized carbons (Fsp3) is 0.0149. The first-order valence-electron chi connectivity index (χ1n) is 24.0. The van der Waals surface area contributed by atoms with E-state index in [2.05, 4.69) is 289 Å². The Hall–Kier alpha value is -8.76. The van der Waals surface area contributed by atoms with Crippen molar-refractivity contribution >= 4 is 65.6 Å². The number of thiophene rings is 1. The molecule has 0 bridgehead atoms. The maximum absolute atomic E-state index is 2.46. The molecule has 0 saturated heterocycles. The minimum absolute atomic E-state index is 0.662. The summed E-state index contributed by atoms with van der Waals surface area (Å²) in [6.07, 6.45) is 0. The number of hydrogen-bond acceptors (Lipinski definition) is 3. The average Bonchev–Trinajstić information content (AvgIpc) is 3.81. The van der Waals surface area contributed by atoms with Gasteiger partial charge in [0.1, 0.15) is 0 Å². The summed E-state index contributed by atoms with van der Waals surface area (Å²) in [4.78, 5) is 4.92. The van der Waals surface area contributed by atoms with Crippen LogP contribution >= 0.6 is 11.3 Å². The van der Waals surface area contributed by atoms with E-state index >= 15 is 0 Å². The summed E-state index contributed by atoms with van der Waals surface area (Å²) in [5, 5.41) is 2.54. The van der Waals surface area contributed by atoms with Crippen molar-refractivity contribution in [2.45, 2.75) is 5.41 Å². The van der Waals surface area contributed by atoms with Gasteiger partial charge in [0.25, 0.3) is 0 Å². The van der Waals surface area contributed by atoms with Gasteiger partial charge >= 0.3 is 0 Å². The van der Waals surface area contributed by atoms with Crippen LogP contribution in [-0.2, 0) is 5.41 Å². The third-order valence-corrected chi connectivity index (χ3v) is 15.4. The molecule has 1 heterocycles. The molecule has 0 aliphatic heterocycles. The van der Waals surface area contributed by atoms with Crippen LogP contribution in [0.15, 0.2) is 279 Å². The molecule has 1 aliphatic rings. The van der Waals surface area contributed by atoms with E-state index in [0.29, 0.717) is 0 Å². The first kappa shape index (κ1) is 41.4. The summed E-state index contributed by atoms with van der Waals surface area (Å²) >= 11 is 1.91. The number of anilines is 6. The highest BCUT2D eigenvalue weighted by molar-refractivity contribution is 7.27. The largest absolute Gasteiger partial charge is 0.309 e. The van der Waals surface area contributed by atoms with Gasteiger partial charge in [-0.25, -0.2) is 0 Å². The second-order valence-electron chi connectivity index (χ2n) is 18.0. The Morgan fingerprint density at radius 1 is 0.257 bits per heavy atom. The molecule has 0 amide bonds. The van der Waals surface area contributed by atoms with Crippen LogP contribution in [0.3, 0.4) is 0 Å². The van der Waals surface area contributed by atoms with Gasteiger partial charge in [0.05, 0.1) is 26.2 Å². The van der Waals surface area contributed by atoms with Crippen molar-refractivity contribution in [2.75, 3.05) is 9.80 Å². The molecule has 3 heteroatoms. The van der Waals surface area contributed by atoms with Crippen molar-refractivity contribution in [1.29, 1.82) is 0 Å². The van der Waals surface area contributed by atoms with E-state index in [1.807, 2.05) is 11.3 Å². The van der Waals surface area contributed by atoms with Gasteiger partial charge in [0, 0.05) is 33.5 Å². The fourth-order valence-electron chi connectivity index (χ4n) is 11.1. The van der Waals surface area contributed by atoms with Crippen LogP contribution in [0.4, 0.5) is 34.1 Å². The lowest BCUT2D eigenvalue weighted by molar-refractivity contribution is 0.756. The maximum Gasteiger partial charge on any atom is 0.0714 e. The van der Waals surface area contributed by atoms with Crippen molar-refractivity contribution in [1.82, 2.24) is 0 Å². The lowest BCUT2D eigenvalue weighted by atomic mass is 9.64. The summed E-state index contributed by atoms with van der Waals surface area (Å²) in [5.41, 5.74) is 18.2. The second kappa shape index (κ2) is 17.4.